The molecule has 118 valence electrons. The first-order valence-electron chi connectivity index (χ1n) is 8.53. The van der Waals surface area contributed by atoms with Crippen LogP contribution in [0.25, 0.3) is 0 Å². The van der Waals surface area contributed by atoms with Gasteiger partial charge in [0.25, 0.3) is 0 Å². The van der Waals surface area contributed by atoms with Gasteiger partial charge in [0.1, 0.15) is 5.75 Å². The number of hydrogen-bond acceptors (Lipinski definition) is 2. The van der Waals surface area contributed by atoms with Gasteiger partial charge < -0.3 is 10.1 Å². The summed E-state index contributed by atoms with van der Waals surface area (Å²) in [5.74, 6) is 1.07. The summed E-state index contributed by atoms with van der Waals surface area (Å²) in [4.78, 5) is 0. The van der Waals surface area contributed by atoms with Crippen molar-refractivity contribution in [1.29, 1.82) is 0 Å². The molecule has 1 aliphatic heterocycles. The highest BCUT2D eigenvalue weighted by atomic mass is 16.5. The second-order valence-corrected chi connectivity index (χ2v) is 6.97. The molecule has 0 fully saturated rings. The van der Waals surface area contributed by atoms with E-state index in [1.54, 1.807) is 0 Å². The Kier molecular flexibility index (Phi) is 5.69. The molecule has 0 amide bonds. The van der Waals surface area contributed by atoms with Crippen molar-refractivity contribution in [3.63, 3.8) is 0 Å². The van der Waals surface area contributed by atoms with Gasteiger partial charge in [-0.05, 0) is 31.2 Å². The fourth-order valence-electron chi connectivity index (χ4n) is 3.18. The molecule has 0 bridgehead atoms. The molecule has 0 saturated heterocycles. The molecule has 1 aromatic rings. The molecule has 1 atom stereocenters. The van der Waals surface area contributed by atoms with Crippen LogP contribution in [0.15, 0.2) is 18.2 Å². The van der Waals surface area contributed by atoms with Crippen molar-refractivity contribution in [3.8, 4) is 5.75 Å². The highest BCUT2D eigenvalue weighted by Gasteiger charge is 2.32. The van der Waals surface area contributed by atoms with Crippen LogP contribution >= 0.6 is 0 Å². The predicted molar refractivity (Wildman–Crippen MR) is 90.1 cm³/mol. The topological polar surface area (TPSA) is 21.3 Å². The van der Waals surface area contributed by atoms with Gasteiger partial charge in [0.2, 0.25) is 0 Å². The fourth-order valence-corrected chi connectivity index (χ4v) is 3.18. The quantitative estimate of drug-likeness (QED) is 0.682. The molecular weight excluding hydrogens is 258 g/mol. The third-order valence-corrected chi connectivity index (χ3v) is 4.67. The van der Waals surface area contributed by atoms with Crippen LogP contribution in [0.4, 0.5) is 0 Å². The normalized spacial score (nSPS) is 17.3. The minimum Gasteiger partial charge on any atom is -0.492 e. The second kappa shape index (κ2) is 7.31. The maximum atomic E-state index is 5.79. The van der Waals surface area contributed by atoms with Gasteiger partial charge in [0.15, 0.2) is 0 Å². The SMILES string of the molecule is CCCCCCCC(NC)c1ccc2c(c1)C(C)(C)CO2. The third-order valence-electron chi connectivity index (χ3n) is 4.67. The highest BCUT2D eigenvalue weighted by Crippen LogP contribution is 2.39. The largest absolute Gasteiger partial charge is 0.492 e. The van der Waals surface area contributed by atoms with Gasteiger partial charge in [-0.2, -0.15) is 0 Å². The second-order valence-electron chi connectivity index (χ2n) is 6.97. The van der Waals surface area contributed by atoms with E-state index in [2.05, 4.69) is 51.3 Å². The van der Waals surface area contributed by atoms with E-state index in [0.29, 0.717) is 6.04 Å². The monoisotopic (exact) mass is 289 g/mol. The summed E-state index contributed by atoms with van der Waals surface area (Å²) in [5.41, 5.74) is 2.92. The molecule has 2 heteroatoms. The Bertz CT molecular complexity index is 453. The molecular formula is C19H31NO. The van der Waals surface area contributed by atoms with E-state index in [4.69, 9.17) is 4.74 Å². The van der Waals surface area contributed by atoms with E-state index in [0.717, 1.165) is 12.4 Å². The highest BCUT2D eigenvalue weighted by molar-refractivity contribution is 5.45. The zero-order chi connectivity index (χ0) is 15.3. The lowest BCUT2D eigenvalue weighted by Gasteiger charge is -2.20. The van der Waals surface area contributed by atoms with Gasteiger partial charge in [0.05, 0.1) is 6.61 Å². The maximum absolute atomic E-state index is 5.79. The van der Waals surface area contributed by atoms with Crippen LogP contribution in [0.1, 0.15) is 76.5 Å². The lowest BCUT2D eigenvalue weighted by Crippen LogP contribution is -2.20. The minimum absolute atomic E-state index is 0.144. The van der Waals surface area contributed by atoms with Crippen molar-refractivity contribution in [1.82, 2.24) is 5.32 Å². The van der Waals surface area contributed by atoms with E-state index < -0.39 is 0 Å². The number of hydrogen-bond donors (Lipinski definition) is 1. The summed E-state index contributed by atoms with van der Waals surface area (Å²) < 4.78 is 5.79. The Hall–Kier alpha value is -1.02. The van der Waals surface area contributed by atoms with Crippen molar-refractivity contribution in [2.45, 2.75) is 70.8 Å². The summed E-state index contributed by atoms with van der Waals surface area (Å²) in [6.45, 7) is 7.60. The van der Waals surface area contributed by atoms with Crippen LogP contribution in [0.2, 0.25) is 0 Å². The first kappa shape index (κ1) is 16.4. The number of unbranched alkanes of at least 4 members (excludes halogenated alkanes) is 4. The number of fused-ring (bicyclic) bond motifs is 1. The Morgan fingerprint density at radius 3 is 2.67 bits per heavy atom. The van der Waals surface area contributed by atoms with Crippen LogP contribution in [-0.4, -0.2) is 13.7 Å². The number of nitrogens with one attached hydrogen (secondary N) is 1. The predicted octanol–water partition coefficient (Wildman–Crippen LogP) is 4.98. The minimum atomic E-state index is 0.144. The summed E-state index contributed by atoms with van der Waals surface area (Å²) in [6.07, 6.45) is 7.94. The van der Waals surface area contributed by atoms with E-state index in [9.17, 15) is 0 Å². The molecule has 1 unspecified atom stereocenters. The molecule has 0 aliphatic carbocycles. The van der Waals surface area contributed by atoms with Crippen LogP contribution in [0.5, 0.6) is 5.75 Å². The van der Waals surface area contributed by atoms with Crippen LogP contribution in [0, 0.1) is 0 Å². The summed E-state index contributed by atoms with van der Waals surface area (Å²) >= 11 is 0. The summed E-state index contributed by atoms with van der Waals surface area (Å²) in [5, 5.41) is 3.49. The standard InChI is InChI=1S/C19H31NO/c1-5-6-7-8-9-10-17(20-4)15-11-12-18-16(13-15)19(2,3)14-21-18/h11-13,17,20H,5-10,14H2,1-4H3. The average molecular weight is 289 g/mol. The van der Waals surface area contributed by atoms with Crippen molar-refractivity contribution < 1.29 is 4.74 Å². The molecule has 1 heterocycles. The van der Waals surface area contributed by atoms with Crippen LogP contribution < -0.4 is 10.1 Å². The molecule has 0 spiro atoms. The Balaban J connectivity index is 1.99. The van der Waals surface area contributed by atoms with Gasteiger partial charge >= 0.3 is 0 Å². The maximum Gasteiger partial charge on any atom is 0.123 e. The molecule has 21 heavy (non-hydrogen) atoms. The lowest BCUT2D eigenvalue weighted by atomic mass is 9.85. The zero-order valence-corrected chi connectivity index (χ0v) is 14.2. The van der Waals surface area contributed by atoms with E-state index in [1.807, 2.05) is 0 Å². The molecule has 1 N–H and O–H groups in total. The van der Waals surface area contributed by atoms with Gasteiger partial charge in [0, 0.05) is 17.0 Å². The molecule has 0 radical (unpaired) electrons. The van der Waals surface area contributed by atoms with Crippen molar-refractivity contribution in [2.75, 3.05) is 13.7 Å². The molecule has 2 nitrogen and oxygen atoms in total. The van der Waals surface area contributed by atoms with Crippen molar-refractivity contribution in [2.24, 2.45) is 0 Å². The molecule has 0 aromatic heterocycles. The number of ether oxygens (including phenoxy) is 1. The number of benzene rings is 1. The molecule has 1 aliphatic rings. The Labute approximate surface area is 130 Å². The summed E-state index contributed by atoms with van der Waals surface area (Å²) in [7, 11) is 2.07. The number of rotatable bonds is 8. The first-order valence-corrected chi connectivity index (χ1v) is 8.53. The van der Waals surface area contributed by atoms with E-state index in [1.165, 1.54) is 49.7 Å². The van der Waals surface area contributed by atoms with Gasteiger partial charge in [-0.25, -0.2) is 0 Å². The molecule has 0 saturated carbocycles. The average Bonchev–Trinajstić information content (AvgIpc) is 2.78. The molecule has 1 aromatic carbocycles. The fraction of sp³-hybridized carbons (Fsp3) is 0.684. The lowest BCUT2D eigenvalue weighted by molar-refractivity contribution is 0.291. The van der Waals surface area contributed by atoms with Gasteiger partial charge in [-0.15, -0.1) is 0 Å². The van der Waals surface area contributed by atoms with Crippen molar-refractivity contribution >= 4 is 0 Å². The smallest absolute Gasteiger partial charge is 0.123 e. The van der Waals surface area contributed by atoms with Gasteiger partial charge in [-0.1, -0.05) is 58.9 Å². The van der Waals surface area contributed by atoms with Crippen LogP contribution in [0.3, 0.4) is 0 Å². The third kappa shape index (κ3) is 4.00. The van der Waals surface area contributed by atoms with Gasteiger partial charge in [-0.3, -0.25) is 0 Å². The van der Waals surface area contributed by atoms with Crippen molar-refractivity contribution in [3.05, 3.63) is 29.3 Å². The Morgan fingerprint density at radius 2 is 1.95 bits per heavy atom. The van der Waals surface area contributed by atoms with E-state index in [-0.39, 0.29) is 5.41 Å². The zero-order valence-electron chi connectivity index (χ0n) is 14.2. The summed E-state index contributed by atoms with van der Waals surface area (Å²) in [6, 6.07) is 7.21. The van der Waals surface area contributed by atoms with E-state index >= 15 is 0 Å². The first-order chi connectivity index (χ1) is 10.1. The Morgan fingerprint density at radius 1 is 1.19 bits per heavy atom. The van der Waals surface area contributed by atoms with Crippen LogP contribution in [-0.2, 0) is 5.41 Å². The molecule has 2 rings (SSSR count).